The monoisotopic (exact) mass is 398 g/mol. The van der Waals surface area contributed by atoms with E-state index in [9.17, 15) is 9.90 Å². The van der Waals surface area contributed by atoms with Crippen LogP contribution in [0.3, 0.4) is 0 Å². The molecule has 0 aliphatic carbocycles. The van der Waals surface area contributed by atoms with Gasteiger partial charge in [-0.25, -0.2) is 0 Å². The van der Waals surface area contributed by atoms with Gasteiger partial charge in [-0.15, -0.1) is 0 Å². The third kappa shape index (κ3) is 11.3. The summed E-state index contributed by atoms with van der Waals surface area (Å²) in [6, 6.07) is 1.12. The molecule has 27 heavy (non-hydrogen) atoms. The van der Waals surface area contributed by atoms with Crippen LogP contribution in [0.2, 0.25) is 11.1 Å². The molecule has 0 rings (SSSR count). The van der Waals surface area contributed by atoms with Crippen molar-refractivity contribution in [1.82, 2.24) is 0 Å². The molecule has 0 amide bonds. The number of carbonyl (C=O) groups is 1. The lowest BCUT2D eigenvalue weighted by atomic mass is 9.80. The Balaban J connectivity index is 4.79. The van der Waals surface area contributed by atoms with Crippen molar-refractivity contribution in [2.24, 2.45) is 5.92 Å². The predicted octanol–water partition coefficient (Wildman–Crippen LogP) is 7.75. The highest BCUT2D eigenvalue weighted by Gasteiger charge is 2.43. The molecule has 0 heterocycles. The predicted molar refractivity (Wildman–Crippen MR) is 124 cm³/mol. The minimum atomic E-state index is -0.577. The van der Waals surface area contributed by atoms with Crippen LogP contribution in [0.25, 0.3) is 0 Å². The van der Waals surface area contributed by atoms with E-state index in [0.717, 1.165) is 38.1 Å². The highest BCUT2D eigenvalue weighted by molar-refractivity contribution is 6.46. The molecule has 0 aliphatic heterocycles. The summed E-state index contributed by atoms with van der Waals surface area (Å²) in [4.78, 5) is 12.5. The third-order valence-corrected chi connectivity index (χ3v) is 9.05. The van der Waals surface area contributed by atoms with Crippen LogP contribution in [0.5, 0.6) is 0 Å². The van der Waals surface area contributed by atoms with Crippen molar-refractivity contribution in [3.8, 4) is 0 Å². The van der Waals surface area contributed by atoms with Crippen molar-refractivity contribution >= 4 is 15.5 Å². The minimum absolute atomic E-state index is 0.334. The zero-order valence-electron chi connectivity index (χ0n) is 19.2. The Morgan fingerprint density at radius 1 is 0.741 bits per heavy atom. The van der Waals surface area contributed by atoms with Gasteiger partial charge in [0.2, 0.25) is 0 Å². The lowest BCUT2D eigenvalue weighted by Crippen LogP contribution is -2.37. The lowest BCUT2D eigenvalue weighted by Gasteiger charge is -2.38. The van der Waals surface area contributed by atoms with Crippen LogP contribution in [0.4, 0.5) is 0 Å². The first-order valence-electron chi connectivity index (χ1n) is 12.3. The topological polar surface area (TPSA) is 37.3 Å². The van der Waals surface area contributed by atoms with Gasteiger partial charge in [-0.3, -0.25) is 4.79 Å². The average Bonchev–Trinajstić information content (AvgIpc) is 2.65. The Morgan fingerprint density at radius 3 is 1.74 bits per heavy atom. The molecule has 0 aliphatic rings. The first-order chi connectivity index (χ1) is 13.1. The second-order valence-corrected chi connectivity index (χ2v) is 11.5. The maximum atomic E-state index is 12.5. The van der Waals surface area contributed by atoms with Crippen LogP contribution < -0.4 is 0 Å². The van der Waals surface area contributed by atoms with Crippen LogP contribution in [0, 0.1) is 5.92 Å². The molecule has 0 radical (unpaired) electrons. The molecule has 0 aromatic heterocycles. The molecule has 0 saturated carbocycles. The van der Waals surface area contributed by atoms with E-state index in [2.05, 4.69) is 27.7 Å². The van der Waals surface area contributed by atoms with Crippen molar-refractivity contribution in [1.29, 1.82) is 0 Å². The van der Waals surface area contributed by atoms with Gasteiger partial charge in [0.1, 0.15) is 0 Å². The fraction of sp³-hybridized carbons (Fsp3) is 0.958. The number of rotatable bonds is 20. The zero-order valence-corrected chi connectivity index (χ0v) is 20.6. The molecule has 162 valence electrons. The normalized spacial score (nSPS) is 15.3. The van der Waals surface area contributed by atoms with Crippen LogP contribution in [0.15, 0.2) is 0 Å². The molecule has 0 spiro atoms. The second kappa shape index (κ2) is 17.8. The third-order valence-electron chi connectivity index (χ3n) is 6.42. The highest BCUT2D eigenvalue weighted by atomic mass is 28.2. The molecule has 0 fully saturated rings. The molecule has 0 bridgehead atoms. The van der Waals surface area contributed by atoms with Crippen molar-refractivity contribution in [3.05, 3.63) is 0 Å². The summed E-state index contributed by atoms with van der Waals surface area (Å²) >= 11 is 0. The van der Waals surface area contributed by atoms with E-state index in [0.29, 0.717) is 5.92 Å². The minimum Gasteiger partial charge on any atom is -0.481 e. The summed E-state index contributed by atoms with van der Waals surface area (Å²) in [5.41, 5.74) is 0. The van der Waals surface area contributed by atoms with Gasteiger partial charge in [0.05, 0.1) is 5.04 Å². The van der Waals surface area contributed by atoms with Crippen LogP contribution in [0.1, 0.15) is 130 Å². The summed E-state index contributed by atoms with van der Waals surface area (Å²) in [5, 5.41) is 9.97. The first kappa shape index (κ1) is 26.7. The Morgan fingerprint density at radius 2 is 1.26 bits per heavy atom. The molecule has 0 aromatic carbocycles. The quantitative estimate of drug-likeness (QED) is 0.168. The maximum absolute atomic E-state index is 12.5. The number of unbranched alkanes of at least 4 members (excludes halogenated alkanes) is 10. The molecule has 1 N–H and O–H groups in total. The van der Waals surface area contributed by atoms with Gasteiger partial charge in [-0.1, -0.05) is 117 Å². The molecule has 2 atom stereocenters. The molecule has 0 saturated heterocycles. The van der Waals surface area contributed by atoms with Gasteiger partial charge >= 0.3 is 5.97 Å². The summed E-state index contributed by atoms with van der Waals surface area (Å²) in [6.45, 7) is 8.97. The van der Waals surface area contributed by atoms with Crippen LogP contribution in [-0.2, 0) is 4.79 Å². The zero-order chi connectivity index (χ0) is 20.4. The van der Waals surface area contributed by atoms with Gasteiger partial charge in [0.25, 0.3) is 0 Å². The smallest absolute Gasteiger partial charge is 0.306 e. The SMILES string of the molecule is CCCCCCCCC(CCC)C(CCCCCCCC)([SiH2]CC)C(=O)O. The lowest BCUT2D eigenvalue weighted by molar-refractivity contribution is -0.143. The van der Waals surface area contributed by atoms with E-state index < -0.39 is 15.5 Å². The Bertz CT molecular complexity index is 345. The van der Waals surface area contributed by atoms with Crippen molar-refractivity contribution in [3.63, 3.8) is 0 Å². The van der Waals surface area contributed by atoms with E-state index in [1.165, 1.54) is 70.6 Å². The number of aliphatic carboxylic acids is 1. The van der Waals surface area contributed by atoms with Gasteiger partial charge in [-0.2, -0.15) is 0 Å². The Labute approximate surface area is 173 Å². The maximum Gasteiger partial charge on any atom is 0.306 e. The second-order valence-electron chi connectivity index (χ2n) is 8.77. The summed E-state index contributed by atoms with van der Waals surface area (Å²) in [5.74, 6) is -0.0255. The molecular weight excluding hydrogens is 348 g/mol. The average molecular weight is 399 g/mol. The number of carboxylic acids is 1. The van der Waals surface area contributed by atoms with Crippen molar-refractivity contribution < 1.29 is 9.90 Å². The fourth-order valence-corrected chi connectivity index (χ4v) is 7.23. The molecule has 0 aromatic rings. The summed E-state index contributed by atoms with van der Waals surface area (Å²) < 4.78 is 0. The van der Waals surface area contributed by atoms with Crippen LogP contribution >= 0.6 is 0 Å². The van der Waals surface area contributed by atoms with E-state index in [-0.39, 0.29) is 5.04 Å². The number of hydrogen-bond acceptors (Lipinski definition) is 1. The Kier molecular flexibility index (Phi) is 17.6. The number of hydrogen-bond donors (Lipinski definition) is 1. The molecular formula is C24H50O2Si. The van der Waals surface area contributed by atoms with Crippen molar-refractivity contribution in [2.75, 3.05) is 0 Å². The van der Waals surface area contributed by atoms with Gasteiger partial charge in [-0.05, 0) is 25.2 Å². The van der Waals surface area contributed by atoms with Crippen molar-refractivity contribution in [2.45, 2.75) is 142 Å². The Hall–Kier alpha value is -0.313. The van der Waals surface area contributed by atoms with E-state index in [4.69, 9.17) is 0 Å². The first-order valence-corrected chi connectivity index (χ1v) is 14.0. The summed E-state index contributed by atoms with van der Waals surface area (Å²) in [7, 11) is -0.577. The number of carboxylic acid groups (broad SMARTS) is 1. The standard InChI is InChI=1S/C24H50O2Si/c1-5-9-11-13-15-17-20-22(19-7-3)24(23(25)26,27-8-4)21-18-16-14-12-10-6-2/h22H,5-21,27H2,1-4H3,(H,25,26). The highest BCUT2D eigenvalue weighted by Crippen LogP contribution is 2.46. The fourth-order valence-electron chi connectivity index (χ4n) is 4.81. The van der Waals surface area contributed by atoms with Crippen LogP contribution in [-0.4, -0.2) is 20.6 Å². The molecule has 3 heteroatoms. The van der Waals surface area contributed by atoms with E-state index >= 15 is 0 Å². The summed E-state index contributed by atoms with van der Waals surface area (Å²) in [6.07, 6.45) is 19.7. The van der Waals surface area contributed by atoms with Gasteiger partial charge < -0.3 is 5.11 Å². The largest absolute Gasteiger partial charge is 0.481 e. The van der Waals surface area contributed by atoms with E-state index in [1.54, 1.807) is 0 Å². The van der Waals surface area contributed by atoms with Gasteiger partial charge in [0, 0.05) is 9.52 Å². The molecule has 2 unspecified atom stereocenters. The molecule has 2 nitrogen and oxygen atoms in total. The van der Waals surface area contributed by atoms with Gasteiger partial charge in [0.15, 0.2) is 0 Å². The van der Waals surface area contributed by atoms with E-state index in [1.807, 2.05) is 0 Å².